The average molecular weight is 471 g/mol. The maximum atomic E-state index is 12.5. The standard InChI is InChI=1S/C24H38O7S/c1-3-5-7-9-11-13-15-28-23(25)20-17-21(19-22(18-20)32-31-30-27)24(26)29-16-14-12-10-8-6-4-2/h17-19,27H,3-16H2,1-2H3. The summed E-state index contributed by atoms with van der Waals surface area (Å²) in [7, 11) is 0. The number of carbonyl (C=O) groups is 2. The van der Waals surface area contributed by atoms with Crippen molar-refractivity contribution in [2.45, 2.75) is 95.8 Å². The third-order valence-corrected chi connectivity index (χ3v) is 5.56. The lowest BCUT2D eigenvalue weighted by molar-refractivity contribution is -0.432. The van der Waals surface area contributed by atoms with E-state index in [1.807, 2.05) is 0 Å². The fourth-order valence-corrected chi connectivity index (χ4v) is 3.66. The van der Waals surface area contributed by atoms with Gasteiger partial charge in [-0.1, -0.05) is 83.1 Å². The second kappa shape index (κ2) is 18.9. The van der Waals surface area contributed by atoms with E-state index in [4.69, 9.17) is 14.7 Å². The van der Waals surface area contributed by atoms with Gasteiger partial charge in [-0.25, -0.2) is 14.8 Å². The summed E-state index contributed by atoms with van der Waals surface area (Å²) in [6.07, 6.45) is 13.1. The topological polar surface area (TPSA) is 91.3 Å². The largest absolute Gasteiger partial charge is 0.462 e. The van der Waals surface area contributed by atoms with Gasteiger partial charge in [-0.2, -0.15) is 0 Å². The maximum Gasteiger partial charge on any atom is 0.338 e. The molecule has 0 saturated heterocycles. The van der Waals surface area contributed by atoms with E-state index in [-0.39, 0.29) is 11.1 Å². The Labute approximate surface area is 196 Å². The molecule has 0 aromatic heterocycles. The zero-order valence-electron chi connectivity index (χ0n) is 19.4. The molecule has 0 bridgehead atoms. The summed E-state index contributed by atoms with van der Waals surface area (Å²) >= 11 is 0.675. The highest BCUT2D eigenvalue weighted by molar-refractivity contribution is 7.94. The van der Waals surface area contributed by atoms with Crippen LogP contribution in [0.3, 0.4) is 0 Å². The van der Waals surface area contributed by atoms with Gasteiger partial charge in [0.15, 0.2) is 0 Å². The number of unbranched alkanes of at least 4 members (excludes halogenated alkanes) is 10. The van der Waals surface area contributed by atoms with E-state index in [1.165, 1.54) is 56.7 Å². The molecule has 0 spiro atoms. The van der Waals surface area contributed by atoms with Crippen molar-refractivity contribution < 1.29 is 33.7 Å². The minimum absolute atomic E-state index is 0.217. The first-order valence-electron chi connectivity index (χ1n) is 11.8. The molecule has 0 radical (unpaired) electrons. The normalized spacial score (nSPS) is 10.8. The molecule has 0 fully saturated rings. The molecule has 8 heteroatoms. The van der Waals surface area contributed by atoms with Crippen LogP contribution in [-0.2, 0) is 18.8 Å². The van der Waals surface area contributed by atoms with E-state index in [2.05, 4.69) is 23.2 Å². The molecule has 0 heterocycles. The average Bonchev–Trinajstić information content (AvgIpc) is 2.81. The van der Waals surface area contributed by atoms with Crippen LogP contribution >= 0.6 is 12.0 Å². The molecule has 1 aromatic carbocycles. The van der Waals surface area contributed by atoms with Gasteiger partial charge in [0.1, 0.15) is 0 Å². The summed E-state index contributed by atoms with van der Waals surface area (Å²) in [5, 5.41) is 12.0. The number of hydrogen-bond donors (Lipinski definition) is 1. The number of esters is 2. The number of carbonyl (C=O) groups excluding carboxylic acids is 2. The van der Waals surface area contributed by atoms with Gasteiger partial charge in [-0.3, -0.25) is 0 Å². The third kappa shape index (κ3) is 13.1. The Morgan fingerprint density at radius 1 is 0.719 bits per heavy atom. The Hall–Kier alpha value is -1.61. The van der Waals surface area contributed by atoms with Gasteiger partial charge in [-0.15, -0.1) is 4.33 Å². The van der Waals surface area contributed by atoms with E-state index in [0.29, 0.717) is 30.2 Å². The van der Waals surface area contributed by atoms with Crippen molar-refractivity contribution in [2.24, 2.45) is 0 Å². The van der Waals surface area contributed by atoms with Gasteiger partial charge in [0, 0.05) is 4.90 Å². The van der Waals surface area contributed by atoms with E-state index >= 15 is 0 Å². The molecule has 0 aliphatic heterocycles. The van der Waals surface area contributed by atoms with Gasteiger partial charge in [0.25, 0.3) is 0 Å². The zero-order chi connectivity index (χ0) is 23.4. The smallest absolute Gasteiger partial charge is 0.338 e. The molecular formula is C24H38O7S. The van der Waals surface area contributed by atoms with Gasteiger partial charge in [-0.05, 0) is 31.0 Å². The monoisotopic (exact) mass is 470 g/mol. The van der Waals surface area contributed by atoms with E-state index in [0.717, 1.165) is 38.5 Å². The Morgan fingerprint density at radius 3 is 1.59 bits per heavy atom. The van der Waals surface area contributed by atoms with E-state index in [1.54, 1.807) is 0 Å². The lowest BCUT2D eigenvalue weighted by atomic mass is 10.1. The van der Waals surface area contributed by atoms with Crippen LogP contribution in [0.5, 0.6) is 0 Å². The predicted molar refractivity (Wildman–Crippen MR) is 124 cm³/mol. The second-order valence-corrected chi connectivity index (χ2v) is 8.55. The van der Waals surface area contributed by atoms with Crippen LogP contribution in [0.2, 0.25) is 0 Å². The number of benzene rings is 1. The van der Waals surface area contributed by atoms with Crippen molar-refractivity contribution >= 4 is 24.0 Å². The fraction of sp³-hybridized carbons (Fsp3) is 0.667. The van der Waals surface area contributed by atoms with Gasteiger partial charge < -0.3 is 9.47 Å². The molecule has 0 saturated carbocycles. The van der Waals surface area contributed by atoms with Gasteiger partial charge >= 0.3 is 11.9 Å². The number of rotatable bonds is 19. The van der Waals surface area contributed by atoms with Crippen molar-refractivity contribution in [1.29, 1.82) is 0 Å². The number of hydrogen-bond acceptors (Lipinski definition) is 8. The fourth-order valence-electron chi connectivity index (χ4n) is 3.20. The molecular weight excluding hydrogens is 432 g/mol. The van der Waals surface area contributed by atoms with Gasteiger partial charge in [0.05, 0.1) is 36.4 Å². The first-order valence-corrected chi connectivity index (χ1v) is 12.5. The van der Waals surface area contributed by atoms with Crippen LogP contribution in [0.1, 0.15) is 112 Å². The van der Waals surface area contributed by atoms with Crippen LogP contribution in [0, 0.1) is 0 Å². The lowest BCUT2D eigenvalue weighted by Gasteiger charge is -2.10. The van der Waals surface area contributed by atoms with Crippen molar-refractivity contribution in [3.63, 3.8) is 0 Å². The van der Waals surface area contributed by atoms with Crippen molar-refractivity contribution in [3.8, 4) is 0 Å². The Balaban J connectivity index is 2.58. The molecule has 0 aliphatic carbocycles. The van der Waals surface area contributed by atoms with Crippen molar-refractivity contribution in [2.75, 3.05) is 13.2 Å². The zero-order valence-corrected chi connectivity index (χ0v) is 20.3. The highest BCUT2D eigenvalue weighted by Gasteiger charge is 2.16. The van der Waals surface area contributed by atoms with Crippen LogP contribution in [0.4, 0.5) is 0 Å². The molecule has 0 unspecified atom stereocenters. The summed E-state index contributed by atoms with van der Waals surface area (Å²) in [6, 6.07) is 4.48. The lowest BCUT2D eigenvalue weighted by Crippen LogP contribution is -2.11. The maximum absolute atomic E-state index is 12.5. The van der Waals surface area contributed by atoms with Crippen molar-refractivity contribution in [1.82, 2.24) is 0 Å². The van der Waals surface area contributed by atoms with E-state index < -0.39 is 11.9 Å². The molecule has 1 aromatic rings. The molecule has 1 N–H and O–H groups in total. The third-order valence-electron chi connectivity index (χ3n) is 5.00. The Morgan fingerprint density at radius 2 is 1.16 bits per heavy atom. The highest BCUT2D eigenvalue weighted by Crippen LogP contribution is 2.24. The molecule has 0 amide bonds. The molecule has 182 valence electrons. The Kier molecular flexibility index (Phi) is 16.8. The quantitative estimate of drug-likeness (QED) is 0.0749. The molecule has 7 nitrogen and oxygen atoms in total. The molecule has 0 atom stereocenters. The summed E-state index contributed by atoms with van der Waals surface area (Å²) < 4.78 is 15.2. The minimum atomic E-state index is -0.518. The molecule has 32 heavy (non-hydrogen) atoms. The van der Waals surface area contributed by atoms with Crippen LogP contribution in [0.25, 0.3) is 0 Å². The van der Waals surface area contributed by atoms with Crippen LogP contribution in [-0.4, -0.2) is 30.4 Å². The van der Waals surface area contributed by atoms with Crippen LogP contribution in [0.15, 0.2) is 23.1 Å². The SMILES string of the molecule is CCCCCCCCOC(=O)c1cc(SOOO)cc(C(=O)OCCCCCCCC)c1. The van der Waals surface area contributed by atoms with Crippen LogP contribution < -0.4 is 0 Å². The summed E-state index contributed by atoms with van der Waals surface area (Å²) in [6.45, 7) is 5.00. The first-order chi connectivity index (χ1) is 15.6. The van der Waals surface area contributed by atoms with E-state index in [9.17, 15) is 9.59 Å². The second-order valence-electron chi connectivity index (χ2n) is 7.78. The summed E-state index contributed by atoms with van der Waals surface area (Å²) in [5.74, 6) is -1.04. The molecule has 1 rings (SSSR count). The van der Waals surface area contributed by atoms with Crippen molar-refractivity contribution in [3.05, 3.63) is 29.3 Å². The highest BCUT2D eigenvalue weighted by atomic mass is 32.2. The first kappa shape index (κ1) is 28.4. The summed E-state index contributed by atoms with van der Waals surface area (Å²) in [4.78, 5) is 25.3. The minimum Gasteiger partial charge on any atom is -0.462 e. The summed E-state index contributed by atoms with van der Waals surface area (Å²) in [5.41, 5.74) is 0.433. The van der Waals surface area contributed by atoms with Gasteiger partial charge in [0.2, 0.25) is 0 Å². The Bertz CT molecular complexity index is 603. The predicted octanol–water partition coefficient (Wildman–Crippen LogP) is 7.15. The number of ether oxygens (including phenoxy) is 2. The molecule has 0 aliphatic rings.